The topological polar surface area (TPSA) is 88.9 Å². The Bertz CT molecular complexity index is 1140. The van der Waals surface area contributed by atoms with Crippen molar-refractivity contribution in [3.05, 3.63) is 83.7 Å². The van der Waals surface area contributed by atoms with Crippen LogP contribution in [0.1, 0.15) is 47.2 Å². The molecule has 0 bridgehead atoms. The summed E-state index contributed by atoms with van der Waals surface area (Å²) in [7, 11) is 0. The first-order valence-corrected chi connectivity index (χ1v) is 12.2. The summed E-state index contributed by atoms with van der Waals surface area (Å²) in [5.74, 6) is 0.609. The number of carbonyl (C=O) groups excluding carboxylic acids is 2. The number of aryl methyl sites for hydroxylation is 2. The molecule has 0 saturated heterocycles. The highest BCUT2D eigenvalue weighted by atomic mass is 32.2. The second-order valence-corrected chi connectivity index (χ2v) is 9.35. The molecule has 178 valence electrons. The van der Waals surface area contributed by atoms with Crippen LogP contribution in [0.15, 0.2) is 66.3 Å². The Balaban J connectivity index is 1.76. The van der Waals surface area contributed by atoms with Gasteiger partial charge in [-0.3, -0.25) is 9.59 Å². The third kappa shape index (κ3) is 6.14. The fourth-order valence-corrected chi connectivity index (χ4v) is 4.35. The molecule has 1 atom stereocenters. The second-order valence-electron chi connectivity index (χ2n) is 8.40. The number of hydrogen-bond donors (Lipinski definition) is 2. The minimum atomic E-state index is -0.349. The van der Waals surface area contributed by atoms with Crippen LogP contribution in [0.2, 0.25) is 0 Å². The summed E-state index contributed by atoms with van der Waals surface area (Å²) in [6.07, 6.45) is 1.75. The number of carbonyl (C=O) groups is 2. The van der Waals surface area contributed by atoms with E-state index in [2.05, 4.69) is 27.4 Å². The number of rotatable bonds is 10. The van der Waals surface area contributed by atoms with E-state index in [0.717, 1.165) is 16.8 Å². The number of thioether (sulfide) groups is 1. The van der Waals surface area contributed by atoms with Crippen molar-refractivity contribution in [2.45, 2.75) is 45.4 Å². The number of nitrogens with one attached hydrogen (secondary N) is 2. The average Bonchev–Trinajstić information content (AvgIpc) is 3.21. The molecular weight excluding hydrogens is 446 g/mol. The first-order valence-electron chi connectivity index (χ1n) is 11.2. The van der Waals surface area contributed by atoms with Crippen molar-refractivity contribution in [1.82, 2.24) is 20.1 Å². The van der Waals surface area contributed by atoms with Crippen LogP contribution >= 0.6 is 11.8 Å². The van der Waals surface area contributed by atoms with Gasteiger partial charge in [-0.05, 0) is 43.0 Å². The van der Waals surface area contributed by atoms with Crippen LogP contribution < -0.4 is 10.6 Å². The van der Waals surface area contributed by atoms with Gasteiger partial charge in [-0.15, -0.1) is 16.8 Å². The highest BCUT2D eigenvalue weighted by molar-refractivity contribution is 7.99. The molecule has 0 aliphatic heterocycles. The molecule has 7 nitrogen and oxygen atoms in total. The maximum absolute atomic E-state index is 12.8. The van der Waals surface area contributed by atoms with Crippen molar-refractivity contribution >= 4 is 29.3 Å². The predicted octanol–water partition coefficient (Wildman–Crippen LogP) is 4.94. The lowest BCUT2D eigenvalue weighted by molar-refractivity contribution is -0.113. The molecule has 0 unspecified atom stereocenters. The highest BCUT2D eigenvalue weighted by Gasteiger charge is 2.26. The van der Waals surface area contributed by atoms with E-state index in [9.17, 15) is 9.59 Å². The molecule has 34 heavy (non-hydrogen) atoms. The Hall–Kier alpha value is -3.39. The summed E-state index contributed by atoms with van der Waals surface area (Å²) in [4.78, 5) is 25.4. The fraction of sp³-hybridized carbons (Fsp3) is 0.308. The van der Waals surface area contributed by atoms with Gasteiger partial charge in [-0.2, -0.15) is 0 Å². The zero-order valence-electron chi connectivity index (χ0n) is 20.0. The fourth-order valence-electron chi connectivity index (χ4n) is 3.60. The van der Waals surface area contributed by atoms with Crippen molar-refractivity contribution < 1.29 is 9.59 Å². The Morgan fingerprint density at radius 3 is 2.35 bits per heavy atom. The molecule has 3 rings (SSSR count). The van der Waals surface area contributed by atoms with E-state index in [1.807, 2.05) is 68.7 Å². The maximum atomic E-state index is 12.8. The maximum Gasteiger partial charge on any atom is 0.251 e. The van der Waals surface area contributed by atoms with Crippen LogP contribution in [0.25, 0.3) is 0 Å². The SMILES string of the molecule is C=CCn1c(SCC(=O)Nc2c(C)cccc2C)nnc1[C@@H](NC(=O)c1ccccc1)C(C)C. The Kier molecular flexibility index (Phi) is 8.65. The van der Waals surface area contributed by atoms with E-state index in [-0.39, 0.29) is 29.5 Å². The van der Waals surface area contributed by atoms with E-state index in [0.29, 0.717) is 23.1 Å². The minimum absolute atomic E-state index is 0.0746. The molecule has 0 spiro atoms. The number of allylic oxidation sites excluding steroid dienone is 1. The largest absolute Gasteiger partial charge is 0.342 e. The number of anilines is 1. The lowest BCUT2D eigenvalue weighted by atomic mass is 10.0. The summed E-state index contributed by atoms with van der Waals surface area (Å²) in [6, 6.07) is 14.6. The first kappa shape index (κ1) is 25.2. The van der Waals surface area contributed by atoms with E-state index >= 15 is 0 Å². The lowest BCUT2D eigenvalue weighted by Gasteiger charge is -2.22. The minimum Gasteiger partial charge on any atom is -0.342 e. The summed E-state index contributed by atoms with van der Waals surface area (Å²) < 4.78 is 1.90. The smallest absolute Gasteiger partial charge is 0.251 e. The zero-order chi connectivity index (χ0) is 24.7. The molecule has 0 fully saturated rings. The van der Waals surface area contributed by atoms with Crippen LogP contribution in [0.4, 0.5) is 5.69 Å². The predicted molar refractivity (Wildman–Crippen MR) is 137 cm³/mol. The molecule has 1 heterocycles. The average molecular weight is 478 g/mol. The summed E-state index contributed by atoms with van der Waals surface area (Å²) in [5, 5.41) is 15.4. The van der Waals surface area contributed by atoms with Gasteiger partial charge in [-0.1, -0.05) is 68.1 Å². The molecular formula is C26H31N5O2S. The van der Waals surface area contributed by atoms with Gasteiger partial charge in [0.15, 0.2) is 11.0 Å². The van der Waals surface area contributed by atoms with Gasteiger partial charge < -0.3 is 15.2 Å². The van der Waals surface area contributed by atoms with Gasteiger partial charge in [-0.25, -0.2) is 0 Å². The number of benzene rings is 2. The van der Waals surface area contributed by atoms with Gasteiger partial charge in [0.1, 0.15) is 0 Å². The van der Waals surface area contributed by atoms with Gasteiger partial charge in [0, 0.05) is 17.8 Å². The van der Waals surface area contributed by atoms with Crippen LogP contribution in [0, 0.1) is 19.8 Å². The molecule has 1 aromatic heterocycles. The van der Waals surface area contributed by atoms with Gasteiger partial charge in [0.25, 0.3) is 5.91 Å². The van der Waals surface area contributed by atoms with Crippen molar-refractivity contribution in [3.63, 3.8) is 0 Å². The molecule has 2 N–H and O–H groups in total. The molecule has 0 aliphatic rings. The molecule has 0 aliphatic carbocycles. The number of amides is 2. The van der Waals surface area contributed by atoms with Gasteiger partial charge >= 0.3 is 0 Å². The monoisotopic (exact) mass is 477 g/mol. The lowest BCUT2D eigenvalue weighted by Crippen LogP contribution is -2.33. The Labute approximate surface area is 205 Å². The quantitative estimate of drug-likeness (QED) is 0.319. The van der Waals surface area contributed by atoms with E-state index in [1.165, 1.54) is 11.8 Å². The van der Waals surface area contributed by atoms with E-state index < -0.39 is 0 Å². The third-order valence-electron chi connectivity index (χ3n) is 5.40. The van der Waals surface area contributed by atoms with Crippen molar-refractivity contribution in [2.24, 2.45) is 5.92 Å². The number of para-hydroxylation sites is 1. The van der Waals surface area contributed by atoms with Crippen LogP contribution in [-0.4, -0.2) is 32.3 Å². The number of hydrogen-bond acceptors (Lipinski definition) is 5. The summed E-state index contributed by atoms with van der Waals surface area (Å²) in [5.41, 5.74) is 3.46. The van der Waals surface area contributed by atoms with Crippen LogP contribution in [0.3, 0.4) is 0 Å². The standard InChI is InChI=1S/C26H31N5O2S/c1-6-15-31-24(22(17(2)3)28-25(33)20-13-8-7-9-14-20)29-30-26(31)34-16-21(32)27-23-18(4)11-10-12-19(23)5/h6-14,17,22H,1,15-16H2,2-5H3,(H,27,32)(H,28,33)/t22-/m0/s1. The van der Waals surface area contributed by atoms with Crippen LogP contribution in [-0.2, 0) is 11.3 Å². The Morgan fingerprint density at radius 2 is 1.74 bits per heavy atom. The molecule has 8 heteroatoms. The molecule has 3 aromatic rings. The zero-order valence-corrected chi connectivity index (χ0v) is 20.9. The molecule has 2 amide bonds. The normalized spacial score (nSPS) is 11.8. The van der Waals surface area contributed by atoms with Crippen molar-refractivity contribution in [2.75, 3.05) is 11.1 Å². The Morgan fingerprint density at radius 1 is 1.06 bits per heavy atom. The first-order chi connectivity index (χ1) is 16.3. The van der Waals surface area contributed by atoms with E-state index in [1.54, 1.807) is 18.2 Å². The summed E-state index contributed by atoms with van der Waals surface area (Å²) >= 11 is 1.31. The van der Waals surface area contributed by atoms with Gasteiger partial charge in [0.2, 0.25) is 5.91 Å². The summed E-state index contributed by atoms with van der Waals surface area (Å²) in [6.45, 7) is 12.3. The molecule has 2 aromatic carbocycles. The number of aromatic nitrogens is 3. The molecule has 0 saturated carbocycles. The van der Waals surface area contributed by atoms with Crippen molar-refractivity contribution in [3.8, 4) is 0 Å². The number of nitrogens with zero attached hydrogens (tertiary/aromatic N) is 3. The second kappa shape index (κ2) is 11.7. The third-order valence-corrected chi connectivity index (χ3v) is 6.37. The van der Waals surface area contributed by atoms with Crippen molar-refractivity contribution in [1.29, 1.82) is 0 Å². The molecule has 0 radical (unpaired) electrons. The van der Waals surface area contributed by atoms with Crippen LogP contribution in [0.5, 0.6) is 0 Å². The highest BCUT2D eigenvalue weighted by Crippen LogP contribution is 2.26. The van der Waals surface area contributed by atoms with E-state index in [4.69, 9.17) is 0 Å². The van der Waals surface area contributed by atoms with Gasteiger partial charge in [0.05, 0.1) is 11.8 Å².